The summed E-state index contributed by atoms with van der Waals surface area (Å²) >= 11 is 1.40. The number of aromatic nitrogens is 1. The number of non-ortho nitro benzene ring substituents is 1. The molecule has 2 aromatic carbocycles. The Bertz CT molecular complexity index is 1340. The van der Waals surface area contributed by atoms with Crippen LogP contribution in [0.3, 0.4) is 0 Å². The van der Waals surface area contributed by atoms with Gasteiger partial charge >= 0.3 is 6.09 Å². The number of fused-ring (bicyclic) bond motifs is 1. The zero-order valence-electron chi connectivity index (χ0n) is 19.3. The number of nitrogens with one attached hydrogen (secondary N) is 1. The molecule has 0 unspecified atom stereocenters. The fourth-order valence-corrected chi connectivity index (χ4v) is 5.36. The maximum absolute atomic E-state index is 15.1. The number of ether oxygens (including phenoxy) is 1. The maximum Gasteiger partial charge on any atom is 0.414 e. The van der Waals surface area contributed by atoms with E-state index in [4.69, 9.17) is 4.74 Å². The molecule has 3 heterocycles. The smallest absolute Gasteiger partial charge is 0.414 e. The van der Waals surface area contributed by atoms with Crippen LogP contribution in [0.5, 0.6) is 0 Å². The van der Waals surface area contributed by atoms with E-state index in [0.29, 0.717) is 43.1 Å². The quantitative estimate of drug-likeness (QED) is 0.393. The van der Waals surface area contributed by atoms with Crippen LogP contribution in [-0.4, -0.2) is 67.3 Å². The van der Waals surface area contributed by atoms with Gasteiger partial charge in [-0.1, -0.05) is 11.3 Å². The Kier molecular flexibility index (Phi) is 6.31. The average Bonchev–Trinajstić information content (AvgIpc) is 3.45. The van der Waals surface area contributed by atoms with E-state index in [-0.39, 0.29) is 24.7 Å². The number of benzene rings is 2. The number of hydrogen-bond donors (Lipinski definition) is 1. The molecule has 2 aliphatic heterocycles. The highest BCUT2D eigenvalue weighted by atomic mass is 32.1. The van der Waals surface area contributed by atoms with Crippen molar-refractivity contribution in [3.63, 3.8) is 0 Å². The van der Waals surface area contributed by atoms with Gasteiger partial charge in [0.05, 0.1) is 39.6 Å². The standard InChI is InChI=1S/C23H23FN6O5S/c1-14(31)25-12-17-13-29(23(32)35-17)15-3-5-20(18(24)10-15)27-6-8-28(9-7-27)22-26-19-4-2-16(30(33)34)11-21(19)36-22/h2-5,10-11,17H,6-9,12-13H2,1H3,(H,25,31)/t17-/m0/s1. The molecule has 36 heavy (non-hydrogen) atoms. The van der Waals surface area contributed by atoms with Crippen molar-refractivity contribution < 1.29 is 23.6 Å². The minimum atomic E-state index is -0.577. The van der Waals surface area contributed by atoms with Crippen molar-refractivity contribution in [3.8, 4) is 0 Å². The summed E-state index contributed by atoms with van der Waals surface area (Å²) in [6, 6.07) is 9.30. The zero-order valence-corrected chi connectivity index (χ0v) is 20.2. The average molecular weight is 515 g/mol. The van der Waals surface area contributed by atoms with E-state index in [1.54, 1.807) is 18.2 Å². The van der Waals surface area contributed by atoms with Gasteiger partial charge < -0.3 is 19.9 Å². The molecule has 11 nitrogen and oxygen atoms in total. The molecule has 0 radical (unpaired) electrons. The Morgan fingerprint density at radius 3 is 2.67 bits per heavy atom. The summed E-state index contributed by atoms with van der Waals surface area (Å²) in [7, 11) is 0. The maximum atomic E-state index is 15.1. The molecule has 0 aliphatic carbocycles. The molecule has 2 aliphatic rings. The third kappa shape index (κ3) is 4.73. The second kappa shape index (κ2) is 9.57. The predicted octanol–water partition coefficient (Wildman–Crippen LogP) is 3.13. The van der Waals surface area contributed by atoms with Gasteiger partial charge in [0.15, 0.2) is 5.13 Å². The number of hydrogen-bond acceptors (Lipinski definition) is 9. The van der Waals surface area contributed by atoms with Gasteiger partial charge in [0.2, 0.25) is 5.91 Å². The molecule has 2 fully saturated rings. The number of amides is 2. The summed E-state index contributed by atoms with van der Waals surface area (Å²) in [4.78, 5) is 43.9. The lowest BCUT2D eigenvalue weighted by Crippen LogP contribution is -2.46. The van der Waals surface area contributed by atoms with Gasteiger partial charge in [0, 0.05) is 45.2 Å². The van der Waals surface area contributed by atoms with Crippen LogP contribution >= 0.6 is 11.3 Å². The van der Waals surface area contributed by atoms with Gasteiger partial charge in [-0.3, -0.25) is 19.8 Å². The fourth-order valence-electron chi connectivity index (χ4n) is 4.31. The minimum absolute atomic E-state index is 0.0342. The molecular weight excluding hydrogens is 491 g/mol. The van der Waals surface area contributed by atoms with Crippen LogP contribution in [0.1, 0.15) is 6.92 Å². The second-order valence-electron chi connectivity index (χ2n) is 8.57. The van der Waals surface area contributed by atoms with Crippen molar-refractivity contribution >= 4 is 55.7 Å². The molecule has 13 heteroatoms. The number of halogens is 1. The topological polar surface area (TPSA) is 121 Å². The normalized spacial score (nSPS) is 18.0. The number of nitrogens with zero attached hydrogens (tertiary/aromatic N) is 5. The van der Waals surface area contributed by atoms with E-state index in [0.717, 1.165) is 9.83 Å². The van der Waals surface area contributed by atoms with E-state index in [2.05, 4.69) is 15.2 Å². The summed E-state index contributed by atoms with van der Waals surface area (Å²) in [6.07, 6.45) is -1.07. The summed E-state index contributed by atoms with van der Waals surface area (Å²) < 4.78 is 21.1. The van der Waals surface area contributed by atoms with E-state index >= 15 is 4.39 Å². The monoisotopic (exact) mass is 514 g/mol. The molecular formula is C23H23FN6O5S. The largest absolute Gasteiger partial charge is 0.442 e. The first-order valence-corrected chi connectivity index (χ1v) is 12.2. The highest BCUT2D eigenvalue weighted by molar-refractivity contribution is 7.22. The molecule has 0 spiro atoms. The lowest BCUT2D eigenvalue weighted by molar-refractivity contribution is -0.384. The number of cyclic esters (lactones) is 1. The van der Waals surface area contributed by atoms with Crippen LogP contribution in [0.4, 0.5) is 31.4 Å². The van der Waals surface area contributed by atoms with Crippen molar-refractivity contribution in [3.05, 3.63) is 52.3 Å². The number of carbonyl (C=O) groups excluding carboxylic acids is 2. The van der Waals surface area contributed by atoms with Gasteiger partial charge in [-0.2, -0.15) is 0 Å². The van der Waals surface area contributed by atoms with E-state index < -0.39 is 22.9 Å². The van der Waals surface area contributed by atoms with Crippen LogP contribution < -0.4 is 20.0 Å². The second-order valence-corrected chi connectivity index (χ2v) is 9.58. The molecule has 0 saturated carbocycles. The highest BCUT2D eigenvalue weighted by Gasteiger charge is 2.33. The Labute approximate surface area is 209 Å². The number of piperazine rings is 1. The molecule has 188 valence electrons. The SMILES string of the molecule is CC(=O)NC[C@H]1CN(c2ccc(N3CCN(c4nc5ccc([N+](=O)[O-])cc5s4)CC3)c(F)c2)C(=O)O1. The van der Waals surface area contributed by atoms with Gasteiger partial charge in [0.25, 0.3) is 5.69 Å². The highest BCUT2D eigenvalue weighted by Crippen LogP contribution is 2.33. The molecule has 1 N–H and O–H groups in total. The molecule has 0 bridgehead atoms. The van der Waals surface area contributed by atoms with Crippen molar-refractivity contribution in [2.24, 2.45) is 0 Å². The Morgan fingerprint density at radius 1 is 1.22 bits per heavy atom. The number of nitro benzene ring substituents is 1. The summed E-state index contributed by atoms with van der Waals surface area (Å²) in [5.41, 5.74) is 1.59. The summed E-state index contributed by atoms with van der Waals surface area (Å²) in [5.74, 6) is -0.654. The van der Waals surface area contributed by atoms with Crippen LogP contribution in [-0.2, 0) is 9.53 Å². The van der Waals surface area contributed by atoms with Crippen molar-refractivity contribution in [2.75, 3.05) is 54.0 Å². The van der Waals surface area contributed by atoms with Crippen molar-refractivity contribution in [1.82, 2.24) is 10.3 Å². The molecule has 1 atom stereocenters. The molecule has 5 rings (SSSR count). The number of rotatable bonds is 6. The van der Waals surface area contributed by atoms with Crippen LogP contribution in [0.15, 0.2) is 36.4 Å². The third-order valence-electron chi connectivity index (χ3n) is 6.16. The number of carbonyl (C=O) groups is 2. The Hall–Kier alpha value is -4.00. The van der Waals surface area contributed by atoms with Gasteiger partial charge in [-0.15, -0.1) is 0 Å². The van der Waals surface area contributed by atoms with E-state index in [9.17, 15) is 19.7 Å². The Balaban J connectivity index is 1.23. The van der Waals surface area contributed by atoms with E-state index in [1.165, 1.54) is 41.4 Å². The summed E-state index contributed by atoms with van der Waals surface area (Å²) in [6.45, 7) is 4.18. The van der Waals surface area contributed by atoms with Crippen LogP contribution in [0.25, 0.3) is 10.2 Å². The van der Waals surface area contributed by atoms with Crippen molar-refractivity contribution in [2.45, 2.75) is 13.0 Å². The first-order chi connectivity index (χ1) is 17.3. The zero-order chi connectivity index (χ0) is 25.4. The first kappa shape index (κ1) is 23.7. The third-order valence-corrected chi connectivity index (χ3v) is 7.24. The lowest BCUT2D eigenvalue weighted by Gasteiger charge is -2.36. The van der Waals surface area contributed by atoms with Gasteiger partial charge in [-0.25, -0.2) is 14.2 Å². The van der Waals surface area contributed by atoms with E-state index in [1.807, 2.05) is 4.90 Å². The van der Waals surface area contributed by atoms with Gasteiger partial charge in [-0.05, 0) is 24.3 Å². The minimum Gasteiger partial charge on any atom is -0.442 e. The fraction of sp³-hybridized carbons (Fsp3) is 0.348. The molecule has 3 aromatic rings. The first-order valence-electron chi connectivity index (χ1n) is 11.4. The predicted molar refractivity (Wildman–Crippen MR) is 133 cm³/mol. The molecule has 2 amide bonds. The summed E-state index contributed by atoms with van der Waals surface area (Å²) in [5, 5.41) is 14.4. The van der Waals surface area contributed by atoms with Crippen LogP contribution in [0, 0.1) is 15.9 Å². The molecule has 1 aromatic heterocycles. The Morgan fingerprint density at radius 2 is 1.97 bits per heavy atom. The lowest BCUT2D eigenvalue weighted by atomic mass is 10.2. The number of nitro groups is 1. The van der Waals surface area contributed by atoms with Gasteiger partial charge in [0.1, 0.15) is 11.9 Å². The number of thiazole rings is 1. The molecule has 2 saturated heterocycles. The van der Waals surface area contributed by atoms with Crippen molar-refractivity contribution in [1.29, 1.82) is 0 Å². The number of anilines is 3. The van der Waals surface area contributed by atoms with Crippen LogP contribution in [0.2, 0.25) is 0 Å².